The minimum Gasteiger partial charge on any atom is -0.490 e. The van der Waals surface area contributed by atoms with Crippen molar-refractivity contribution in [3.8, 4) is 22.8 Å². The Labute approximate surface area is 202 Å². The van der Waals surface area contributed by atoms with Crippen LogP contribution in [0.2, 0.25) is 0 Å². The Morgan fingerprint density at radius 3 is 2.66 bits per heavy atom. The summed E-state index contributed by atoms with van der Waals surface area (Å²) in [5, 5.41) is 24.0. The highest BCUT2D eigenvalue weighted by Gasteiger charge is 2.16. The molecule has 3 aromatic heterocycles. The number of hydrogen-bond acceptors (Lipinski definition) is 8. The molecule has 4 N–H and O–H groups in total. The summed E-state index contributed by atoms with van der Waals surface area (Å²) in [7, 11) is 1.60. The molecule has 0 radical (unpaired) electrons. The van der Waals surface area contributed by atoms with E-state index in [0.717, 1.165) is 16.5 Å². The van der Waals surface area contributed by atoms with Crippen molar-refractivity contribution in [1.29, 1.82) is 0 Å². The summed E-state index contributed by atoms with van der Waals surface area (Å²) in [6, 6.07) is 14.5. The van der Waals surface area contributed by atoms with Crippen LogP contribution in [-0.4, -0.2) is 62.7 Å². The fourth-order valence-electron chi connectivity index (χ4n) is 3.78. The molecule has 4 rings (SSSR count). The SMILES string of the molecule is COCCOc1cc(-c2cccc(CC(F)CC(N)O)n2)cc2c1cnn2-c1cccc(CO)n1. The third-order valence-corrected chi connectivity index (χ3v) is 5.40. The van der Waals surface area contributed by atoms with Crippen LogP contribution in [0, 0.1) is 0 Å². The number of pyridine rings is 2. The highest BCUT2D eigenvalue weighted by molar-refractivity contribution is 5.90. The lowest BCUT2D eigenvalue weighted by Crippen LogP contribution is -2.24. The summed E-state index contributed by atoms with van der Waals surface area (Å²) in [6.45, 7) is 0.576. The standard InChI is InChI=1S/C25H28FN5O4/c1-34-8-9-35-23-11-16(21-6-2-4-18(29-21)12-17(26)13-24(27)33)10-22-20(23)14-28-31(22)25-7-3-5-19(15-32)30-25/h2-7,10-11,14,17,24,32-33H,8-9,12-13,15,27H2,1H3. The first-order valence-electron chi connectivity index (χ1n) is 11.2. The molecule has 4 aromatic rings. The monoisotopic (exact) mass is 481 g/mol. The van der Waals surface area contributed by atoms with E-state index in [0.29, 0.717) is 41.9 Å². The maximum atomic E-state index is 14.2. The molecule has 0 saturated heterocycles. The number of rotatable bonds is 11. The largest absolute Gasteiger partial charge is 0.490 e. The molecule has 0 aliphatic carbocycles. The van der Waals surface area contributed by atoms with Gasteiger partial charge in [-0.05, 0) is 36.4 Å². The number of nitrogens with two attached hydrogens (primary N) is 1. The summed E-state index contributed by atoms with van der Waals surface area (Å²) in [4.78, 5) is 9.09. The van der Waals surface area contributed by atoms with Gasteiger partial charge < -0.3 is 25.4 Å². The highest BCUT2D eigenvalue weighted by atomic mass is 19.1. The Balaban J connectivity index is 1.77. The molecular formula is C25H28FN5O4. The van der Waals surface area contributed by atoms with Crippen LogP contribution in [0.4, 0.5) is 4.39 Å². The summed E-state index contributed by atoms with van der Waals surface area (Å²) in [5.41, 5.74) is 8.49. The topological polar surface area (TPSA) is 129 Å². The van der Waals surface area contributed by atoms with Crippen molar-refractivity contribution in [3.63, 3.8) is 0 Å². The average molecular weight is 482 g/mol. The molecule has 0 aliphatic rings. The number of aliphatic hydroxyl groups is 2. The molecule has 3 heterocycles. The second-order valence-corrected chi connectivity index (χ2v) is 8.07. The normalized spacial score (nSPS) is 13.2. The number of nitrogens with zero attached hydrogens (tertiary/aromatic N) is 4. The van der Waals surface area contributed by atoms with Gasteiger partial charge in [-0.2, -0.15) is 5.10 Å². The zero-order valence-corrected chi connectivity index (χ0v) is 19.3. The maximum Gasteiger partial charge on any atom is 0.154 e. The minimum atomic E-state index is -1.31. The van der Waals surface area contributed by atoms with E-state index in [1.54, 1.807) is 42.3 Å². The fraction of sp³-hybridized carbons (Fsp3) is 0.320. The lowest BCUT2D eigenvalue weighted by Gasteiger charge is -2.13. The van der Waals surface area contributed by atoms with Gasteiger partial charge in [0.25, 0.3) is 0 Å². The van der Waals surface area contributed by atoms with Gasteiger partial charge in [-0.1, -0.05) is 12.1 Å². The number of ether oxygens (including phenoxy) is 2. The van der Waals surface area contributed by atoms with Crippen molar-refractivity contribution in [3.05, 3.63) is 66.1 Å². The lowest BCUT2D eigenvalue weighted by molar-refractivity contribution is 0.131. The molecule has 184 valence electrons. The number of hydrogen-bond donors (Lipinski definition) is 3. The van der Waals surface area contributed by atoms with E-state index >= 15 is 0 Å². The van der Waals surface area contributed by atoms with Crippen LogP contribution in [0.25, 0.3) is 28.0 Å². The zero-order chi connectivity index (χ0) is 24.8. The van der Waals surface area contributed by atoms with E-state index in [1.165, 1.54) is 0 Å². The van der Waals surface area contributed by atoms with Gasteiger partial charge in [0, 0.05) is 31.2 Å². The Morgan fingerprint density at radius 2 is 1.89 bits per heavy atom. The number of benzene rings is 1. The predicted molar refractivity (Wildman–Crippen MR) is 129 cm³/mol. The molecular weight excluding hydrogens is 453 g/mol. The minimum absolute atomic E-state index is 0.0390. The molecule has 2 atom stereocenters. The Kier molecular flexibility index (Phi) is 7.98. The summed E-state index contributed by atoms with van der Waals surface area (Å²) < 4.78 is 27.0. The molecule has 0 amide bonds. The molecule has 10 heteroatoms. The second kappa shape index (κ2) is 11.3. The van der Waals surface area contributed by atoms with E-state index < -0.39 is 12.4 Å². The third-order valence-electron chi connectivity index (χ3n) is 5.40. The number of halogens is 1. The van der Waals surface area contributed by atoms with Gasteiger partial charge in [0.15, 0.2) is 5.82 Å². The summed E-state index contributed by atoms with van der Waals surface area (Å²) in [6.07, 6.45) is -0.934. The maximum absolute atomic E-state index is 14.2. The van der Waals surface area contributed by atoms with Crippen LogP contribution in [-0.2, 0) is 17.8 Å². The number of methoxy groups -OCH3 is 1. The lowest BCUT2D eigenvalue weighted by atomic mass is 10.1. The Morgan fingerprint density at radius 1 is 1.09 bits per heavy atom. The summed E-state index contributed by atoms with van der Waals surface area (Å²) in [5.74, 6) is 1.15. The van der Waals surface area contributed by atoms with Crippen LogP contribution in [0.5, 0.6) is 5.75 Å². The molecule has 35 heavy (non-hydrogen) atoms. The molecule has 0 saturated carbocycles. The van der Waals surface area contributed by atoms with Crippen molar-refractivity contribution in [1.82, 2.24) is 19.7 Å². The number of alkyl halides is 1. The van der Waals surface area contributed by atoms with Gasteiger partial charge >= 0.3 is 0 Å². The van der Waals surface area contributed by atoms with Gasteiger partial charge in [0.1, 0.15) is 24.8 Å². The fourth-order valence-corrected chi connectivity index (χ4v) is 3.78. The van der Waals surface area contributed by atoms with Crippen LogP contribution in [0.15, 0.2) is 54.7 Å². The zero-order valence-electron chi connectivity index (χ0n) is 19.3. The van der Waals surface area contributed by atoms with Crippen molar-refractivity contribution in [2.75, 3.05) is 20.3 Å². The molecule has 9 nitrogen and oxygen atoms in total. The van der Waals surface area contributed by atoms with E-state index in [9.17, 15) is 14.6 Å². The molecule has 1 aromatic carbocycles. The first-order valence-corrected chi connectivity index (χ1v) is 11.2. The first kappa shape index (κ1) is 24.7. The third kappa shape index (κ3) is 5.98. The van der Waals surface area contributed by atoms with Crippen LogP contribution in [0.1, 0.15) is 17.8 Å². The van der Waals surface area contributed by atoms with Crippen LogP contribution in [0.3, 0.4) is 0 Å². The molecule has 0 bridgehead atoms. The van der Waals surface area contributed by atoms with Crippen molar-refractivity contribution in [2.45, 2.75) is 31.8 Å². The quantitative estimate of drug-likeness (QED) is 0.220. The Hall–Kier alpha value is -3.44. The van der Waals surface area contributed by atoms with Gasteiger partial charge in [-0.25, -0.2) is 14.1 Å². The molecule has 0 spiro atoms. The molecule has 0 aliphatic heterocycles. The van der Waals surface area contributed by atoms with E-state index in [-0.39, 0.29) is 19.4 Å². The second-order valence-electron chi connectivity index (χ2n) is 8.07. The number of aliphatic hydroxyl groups excluding tert-OH is 2. The van der Waals surface area contributed by atoms with Crippen molar-refractivity contribution in [2.24, 2.45) is 5.73 Å². The summed E-state index contributed by atoms with van der Waals surface area (Å²) >= 11 is 0. The van der Waals surface area contributed by atoms with Gasteiger partial charge in [0.05, 0.1) is 41.7 Å². The Bertz CT molecular complexity index is 1280. The smallest absolute Gasteiger partial charge is 0.154 e. The van der Waals surface area contributed by atoms with Crippen molar-refractivity contribution >= 4 is 10.9 Å². The highest BCUT2D eigenvalue weighted by Crippen LogP contribution is 2.33. The van der Waals surface area contributed by atoms with Crippen LogP contribution >= 0.6 is 0 Å². The van der Waals surface area contributed by atoms with Gasteiger partial charge in [-0.15, -0.1) is 0 Å². The van der Waals surface area contributed by atoms with Gasteiger partial charge in [0.2, 0.25) is 0 Å². The van der Waals surface area contributed by atoms with E-state index in [4.69, 9.17) is 15.2 Å². The van der Waals surface area contributed by atoms with Crippen LogP contribution < -0.4 is 10.5 Å². The predicted octanol–water partition coefficient (Wildman–Crippen LogP) is 2.55. The van der Waals surface area contributed by atoms with Crippen molar-refractivity contribution < 1.29 is 24.1 Å². The van der Waals surface area contributed by atoms with E-state index in [1.807, 2.05) is 24.3 Å². The molecule has 2 unspecified atom stereocenters. The first-order chi connectivity index (χ1) is 17.0. The van der Waals surface area contributed by atoms with E-state index in [2.05, 4.69) is 15.1 Å². The average Bonchev–Trinajstić information content (AvgIpc) is 3.28. The molecule has 0 fully saturated rings. The number of aromatic nitrogens is 4. The van der Waals surface area contributed by atoms with Gasteiger partial charge in [-0.3, -0.25) is 4.98 Å². The number of fused-ring (bicyclic) bond motifs is 1.